The van der Waals surface area contributed by atoms with E-state index >= 15 is 0 Å². The highest BCUT2D eigenvalue weighted by atomic mass is 32.2. The summed E-state index contributed by atoms with van der Waals surface area (Å²) in [7, 11) is -2.31. The van der Waals surface area contributed by atoms with E-state index in [9.17, 15) is 13.2 Å². The third-order valence-electron chi connectivity index (χ3n) is 2.94. The average molecular weight is 300 g/mol. The number of hydrogen-bond acceptors (Lipinski definition) is 4. The zero-order chi connectivity index (χ0) is 15.3. The monoisotopic (exact) mass is 300 g/mol. The Kier molecular flexibility index (Phi) is 5.52. The van der Waals surface area contributed by atoms with Gasteiger partial charge in [-0.15, -0.1) is 0 Å². The molecule has 20 heavy (non-hydrogen) atoms. The predicted molar refractivity (Wildman–Crippen MR) is 77.0 cm³/mol. The molecule has 0 atom stereocenters. The van der Waals surface area contributed by atoms with Gasteiger partial charge in [0.05, 0.1) is 7.11 Å². The van der Waals surface area contributed by atoms with Gasteiger partial charge in [0.25, 0.3) is 5.91 Å². The van der Waals surface area contributed by atoms with Crippen molar-refractivity contribution in [2.45, 2.75) is 20.8 Å². The minimum Gasteiger partial charge on any atom is -0.496 e. The Morgan fingerprint density at radius 3 is 2.40 bits per heavy atom. The average Bonchev–Trinajstić information content (AvgIpc) is 2.39. The molecule has 1 amide bonds. The molecular weight excluding hydrogens is 280 g/mol. The van der Waals surface area contributed by atoms with E-state index in [0.717, 1.165) is 5.56 Å². The first kappa shape index (κ1) is 16.5. The third-order valence-corrected chi connectivity index (χ3v) is 4.58. The summed E-state index contributed by atoms with van der Waals surface area (Å²) in [5.41, 5.74) is 1.11. The molecule has 7 heteroatoms. The van der Waals surface area contributed by atoms with Crippen molar-refractivity contribution in [3.8, 4) is 5.75 Å². The van der Waals surface area contributed by atoms with Crippen molar-refractivity contribution >= 4 is 16.1 Å². The van der Waals surface area contributed by atoms with Crippen LogP contribution >= 0.6 is 0 Å². The Hall–Kier alpha value is -1.60. The zero-order valence-electron chi connectivity index (χ0n) is 12.1. The van der Waals surface area contributed by atoms with E-state index in [4.69, 9.17) is 4.74 Å². The number of methoxy groups -OCH3 is 1. The lowest BCUT2D eigenvalue weighted by Gasteiger charge is -2.18. The number of hydrogen-bond donors (Lipinski definition) is 1. The molecule has 0 aliphatic carbocycles. The molecule has 0 heterocycles. The minimum absolute atomic E-state index is 0.239. The van der Waals surface area contributed by atoms with Crippen molar-refractivity contribution in [2.24, 2.45) is 0 Å². The van der Waals surface area contributed by atoms with Gasteiger partial charge in [-0.2, -0.15) is 12.7 Å². The molecule has 0 unspecified atom stereocenters. The van der Waals surface area contributed by atoms with Gasteiger partial charge in [0, 0.05) is 18.7 Å². The van der Waals surface area contributed by atoms with Crippen molar-refractivity contribution < 1.29 is 17.9 Å². The van der Waals surface area contributed by atoms with Crippen molar-refractivity contribution in [3.63, 3.8) is 0 Å². The molecule has 6 nitrogen and oxygen atoms in total. The Morgan fingerprint density at radius 2 is 1.90 bits per heavy atom. The van der Waals surface area contributed by atoms with Crippen molar-refractivity contribution in [1.82, 2.24) is 9.03 Å². The van der Waals surface area contributed by atoms with E-state index in [0.29, 0.717) is 18.8 Å². The normalized spacial score (nSPS) is 11.4. The van der Waals surface area contributed by atoms with Crippen LogP contribution in [-0.4, -0.2) is 38.8 Å². The number of ether oxygens (including phenoxy) is 1. The third kappa shape index (κ3) is 3.71. The van der Waals surface area contributed by atoms with Crippen molar-refractivity contribution in [3.05, 3.63) is 29.3 Å². The summed E-state index contributed by atoms with van der Waals surface area (Å²) >= 11 is 0. The Bertz CT molecular complexity index is 580. The summed E-state index contributed by atoms with van der Waals surface area (Å²) in [5, 5.41) is 0. The van der Waals surface area contributed by atoms with Gasteiger partial charge in [-0.3, -0.25) is 4.79 Å². The standard InChI is InChI=1S/C13H20N2O4S/c1-5-15(6-2)20(17,18)14-13(16)11-8-7-10(3)12(9-11)19-4/h7-9H,5-6H2,1-4H3,(H,14,16). The number of carbonyl (C=O) groups is 1. The molecule has 1 N–H and O–H groups in total. The second-order valence-corrected chi connectivity index (χ2v) is 5.88. The molecule has 0 bridgehead atoms. The molecule has 0 aliphatic heterocycles. The molecule has 0 aromatic heterocycles. The second-order valence-electron chi connectivity index (χ2n) is 4.20. The topological polar surface area (TPSA) is 75.7 Å². The number of nitrogens with one attached hydrogen (secondary N) is 1. The first-order chi connectivity index (χ1) is 9.35. The Morgan fingerprint density at radius 1 is 1.30 bits per heavy atom. The summed E-state index contributed by atoms with van der Waals surface area (Å²) < 4.78 is 32.3. The molecule has 0 aliphatic rings. The van der Waals surface area contributed by atoms with E-state index in [2.05, 4.69) is 0 Å². The maximum atomic E-state index is 12.0. The largest absolute Gasteiger partial charge is 0.496 e. The first-order valence-electron chi connectivity index (χ1n) is 6.32. The first-order valence-corrected chi connectivity index (χ1v) is 7.76. The Labute approximate surface area is 119 Å². The summed E-state index contributed by atoms with van der Waals surface area (Å²) in [6, 6.07) is 4.78. The highest BCUT2D eigenvalue weighted by molar-refractivity contribution is 7.87. The van der Waals surface area contributed by atoms with Crippen molar-refractivity contribution in [2.75, 3.05) is 20.2 Å². The van der Waals surface area contributed by atoms with Gasteiger partial charge in [0.15, 0.2) is 0 Å². The number of amides is 1. The highest BCUT2D eigenvalue weighted by Gasteiger charge is 2.22. The van der Waals surface area contributed by atoms with Crippen LogP contribution in [0, 0.1) is 6.92 Å². The highest BCUT2D eigenvalue weighted by Crippen LogP contribution is 2.19. The van der Waals surface area contributed by atoms with Crippen LogP contribution in [0.4, 0.5) is 0 Å². The van der Waals surface area contributed by atoms with E-state index < -0.39 is 16.1 Å². The Balaban J connectivity index is 2.97. The number of rotatable bonds is 6. The summed E-state index contributed by atoms with van der Waals surface area (Å²) in [4.78, 5) is 12.0. The van der Waals surface area contributed by atoms with E-state index in [1.54, 1.807) is 26.0 Å². The number of carbonyl (C=O) groups excluding carboxylic acids is 1. The second kappa shape index (κ2) is 6.71. The lowest BCUT2D eigenvalue weighted by molar-refractivity contribution is 0.0979. The smallest absolute Gasteiger partial charge is 0.304 e. The molecule has 1 aromatic carbocycles. The van der Waals surface area contributed by atoms with Gasteiger partial charge in [-0.1, -0.05) is 19.9 Å². The van der Waals surface area contributed by atoms with Gasteiger partial charge in [0.1, 0.15) is 5.75 Å². The molecular formula is C13H20N2O4S. The number of nitrogens with zero attached hydrogens (tertiary/aromatic N) is 1. The molecule has 0 saturated heterocycles. The van der Waals surface area contributed by atoms with Crippen molar-refractivity contribution in [1.29, 1.82) is 0 Å². The predicted octanol–water partition coefficient (Wildman–Crippen LogP) is 1.32. The van der Waals surface area contributed by atoms with Crippen LogP contribution in [0.2, 0.25) is 0 Å². The SMILES string of the molecule is CCN(CC)S(=O)(=O)NC(=O)c1ccc(C)c(OC)c1. The fourth-order valence-corrected chi connectivity index (χ4v) is 2.93. The maximum absolute atomic E-state index is 12.0. The van der Waals surface area contributed by atoms with Gasteiger partial charge < -0.3 is 4.74 Å². The van der Waals surface area contributed by atoms with E-state index in [1.165, 1.54) is 17.5 Å². The fourth-order valence-electron chi connectivity index (χ4n) is 1.77. The summed E-state index contributed by atoms with van der Waals surface area (Å²) in [6.45, 7) is 5.87. The fraction of sp³-hybridized carbons (Fsp3) is 0.462. The van der Waals surface area contributed by atoms with Gasteiger partial charge in [-0.25, -0.2) is 4.72 Å². The van der Waals surface area contributed by atoms with Crippen LogP contribution in [-0.2, 0) is 10.2 Å². The number of benzene rings is 1. The van der Waals surface area contributed by atoms with E-state index in [1.807, 2.05) is 11.6 Å². The summed E-state index contributed by atoms with van der Waals surface area (Å²) in [6.07, 6.45) is 0. The molecule has 1 aromatic rings. The lowest BCUT2D eigenvalue weighted by Crippen LogP contribution is -2.43. The van der Waals surface area contributed by atoms with Gasteiger partial charge in [-0.05, 0) is 24.6 Å². The van der Waals surface area contributed by atoms with Crippen LogP contribution < -0.4 is 9.46 Å². The molecule has 1 rings (SSSR count). The van der Waals surface area contributed by atoms with E-state index in [-0.39, 0.29) is 5.56 Å². The molecule has 112 valence electrons. The molecule has 0 radical (unpaired) electrons. The zero-order valence-corrected chi connectivity index (χ0v) is 13.0. The summed E-state index contributed by atoms with van der Waals surface area (Å²) in [5.74, 6) is -0.131. The van der Waals surface area contributed by atoms with Crippen LogP contribution in [0.15, 0.2) is 18.2 Å². The minimum atomic E-state index is -3.81. The molecule has 0 saturated carbocycles. The molecule has 0 spiro atoms. The quantitative estimate of drug-likeness (QED) is 0.859. The van der Waals surface area contributed by atoms with Crippen LogP contribution in [0.25, 0.3) is 0 Å². The van der Waals surface area contributed by atoms with Gasteiger partial charge >= 0.3 is 10.2 Å². The number of aryl methyl sites for hydroxylation is 1. The van der Waals surface area contributed by atoms with Crippen LogP contribution in [0.1, 0.15) is 29.8 Å². The molecule has 0 fully saturated rings. The van der Waals surface area contributed by atoms with Crippen LogP contribution in [0.3, 0.4) is 0 Å². The lowest BCUT2D eigenvalue weighted by atomic mass is 10.1. The maximum Gasteiger partial charge on any atom is 0.304 e. The van der Waals surface area contributed by atoms with Gasteiger partial charge in [0.2, 0.25) is 0 Å². The van der Waals surface area contributed by atoms with Crippen LogP contribution in [0.5, 0.6) is 5.75 Å².